The third-order valence-corrected chi connectivity index (χ3v) is 7.23. The van der Waals surface area contributed by atoms with Gasteiger partial charge in [0.1, 0.15) is 17.5 Å². The Morgan fingerprint density at radius 3 is 1.66 bits per heavy atom. The molecule has 5 rings (SSSR count). The quantitative estimate of drug-likeness (QED) is 0.111. The van der Waals surface area contributed by atoms with Crippen LogP contribution in [0.2, 0.25) is 0 Å². The van der Waals surface area contributed by atoms with Crippen LogP contribution in [0.4, 0.5) is 22.0 Å². The molecule has 0 bridgehead atoms. The molecule has 0 radical (unpaired) electrons. The number of benzene rings is 4. The van der Waals surface area contributed by atoms with E-state index >= 15 is 8.78 Å². The molecule has 0 unspecified atom stereocenters. The first kappa shape index (κ1) is 28.2. The van der Waals surface area contributed by atoms with Crippen molar-refractivity contribution in [2.75, 3.05) is 0 Å². The van der Waals surface area contributed by atoms with Gasteiger partial charge in [-0.15, -0.1) is 0 Å². The summed E-state index contributed by atoms with van der Waals surface area (Å²) >= 11 is 0. The molecule has 41 heavy (non-hydrogen) atoms. The van der Waals surface area contributed by atoms with Crippen molar-refractivity contribution in [2.24, 2.45) is 0 Å². The third-order valence-electron chi connectivity index (χ3n) is 7.23. The van der Waals surface area contributed by atoms with Crippen molar-refractivity contribution in [2.45, 2.75) is 52.4 Å². The van der Waals surface area contributed by atoms with Gasteiger partial charge in [0.2, 0.25) is 0 Å². The van der Waals surface area contributed by atoms with Crippen LogP contribution in [0.25, 0.3) is 22.3 Å². The highest BCUT2D eigenvalue weighted by Gasteiger charge is 2.33. The van der Waals surface area contributed by atoms with Crippen LogP contribution in [0.15, 0.2) is 54.6 Å². The highest BCUT2D eigenvalue weighted by Crippen LogP contribution is 2.51. The number of unbranched alkanes of at least 4 members (excludes halogenated alkanes) is 2. The molecule has 0 spiro atoms. The van der Waals surface area contributed by atoms with E-state index < -0.39 is 29.1 Å². The lowest BCUT2D eigenvalue weighted by molar-refractivity contribution is 0.507. The molecule has 0 atom stereocenters. The van der Waals surface area contributed by atoms with E-state index in [1.54, 1.807) is 24.3 Å². The van der Waals surface area contributed by atoms with Gasteiger partial charge in [0.05, 0.1) is 22.3 Å². The lowest BCUT2D eigenvalue weighted by atomic mass is 9.78. The Kier molecular flexibility index (Phi) is 8.27. The van der Waals surface area contributed by atoms with E-state index in [0.717, 1.165) is 49.7 Å². The number of fused-ring (bicyclic) bond motifs is 4. The zero-order valence-electron chi connectivity index (χ0n) is 22.8. The third kappa shape index (κ3) is 5.63. The van der Waals surface area contributed by atoms with E-state index in [2.05, 4.69) is 30.6 Å². The van der Waals surface area contributed by atoms with Crippen LogP contribution in [0, 0.1) is 52.8 Å². The minimum absolute atomic E-state index is 0.0521. The first-order valence-corrected chi connectivity index (χ1v) is 13.8. The summed E-state index contributed by atoms with van der Waals surface area (Å²) in [4.78, 5) is 0. The standard InChI is InChI=1S/C36H27F5/c1-3-5-6-8-23-10-12-25(31(38)20-23)14-16-27-21-29-28-18-17-26(34(39)32(28)33(29)36(41)35(27)40)15-13-24-11-9-22(7-4-2)19-30(24)37/h9-12,17-21H,3-8H2,1-2H3. The second kappa shape index (κ2) is 12.0. The van der Waals surface area contributed by atoms with Crippen LogP contribution in [0.3, 0.4) is 0 Å². The van der Waals surface area contributed by atoms with Gasteiger partial charge in [-0.25, -0.2) is 22.0 Å². The molecular formula is C36H27F5. The molecule has 0 aromatic heterocycles. The number of halogens is 5. The summed E-state index contributed by atoms with van der Waals surface area (Å²) in [6.07, 6.45) is 5.46. The van der Waals surface area contributed by atoms with Crippen molar-refractivity contribution in [3.05, 3.63) is 117 Å². The van der Waals surface area contributed by atoms with Crippen LogP contribution in [0.1, 0.15) is 72.9 Å². The zero-order chi connectivity index (χ0) is 29.1. The Labute approximate surface area is 237 Å². The van der Waals surface area contributed by atoms with Crippen LogP contribution in [-0.2, 0) is 12.8 Å². The highest BCUT2D eigenvalue weighted by molar-refractivity contribution is 6.04. The SMILES string of the molecule is CCCCCc1ccc(C#Cc2cc3c(c(F)c2F)-c2c-3ccc(C#Cc3ccc(CCC)cc3F)c2F)c(F)c1. The number of hydrogen-bond acceptors (Lipinski definition) is 0. The van der Waals surface area contributed by atoms with Crippen molar-refractivity contribution in [1.29, 1.82) is 0 Å². The Bertz CT molecular complexity index is 1780. The van der Waals surface area contributed by atoms with Gasteiger partial charge in [-0.3, -0.25) is 0 Å². The van der Waals surface area contributed by atoms with Gasteiger partial charge in [0.25, 0.3) is 0 Å². The molecule has 0 fully saturated rings. The van der Waals surface area contributed by atoms with Crippen LogP contribution < -0.4 is 0 Å². The summed E-state index contributed by atoms with van der Waals surface area (Å²) in [6, 6.07) is 13.8. The predicted molar refractivity (Wildman–Crippen MR) is 153 cm³/mol. The van der Waals surface area contributed by atoms with E-state index in [1.807, 2.05) is 6.92 Å². The molecular weight excluding hydrogens is 527 g/mol. The fourth-order valence-electron chi connectivity index (χ4n) is 5.02. The summed E-state index contributed by atoms with van der Waals surface area (Å²) < 4.78 is 74.5. The first-order valence-electron chi connectivity index (χ1n) is 13.8. The Balaban J connectivity index is 1.41. The van der Waals surface area contributed by atoms with Crippen molar-refractivity contribution in [1.82, 2.24) is 0 Å². The van der Waals surface area contributed by atoms with Crippen molar-refractivity contribution < 1.29 is 22.0 Å². The maximum atomic E-state index is 15.4. The maximum absolute atomic E-state index is 15.4. The Morgan fingerprint density at radius 2 is 1.05 bits per heavy atom. The zero-order valence-corrected chi connectivity index (χ0v) is 22.8. The lowest BCUT2D eigenvalue weighted by Crippen LogP contribution is -2.09. The molecule has 0 saturated carbocycles. The van der Waals surface area contributed by atoms with E-state index in [1.165, 1.54) is 30.3 Å². The highest BCUT2D eigenvalue weighted by atomic mass is 19.2. The Hall–Kier alpha value is -4.35. The fourth-order valence-corrected chi connectivity index (χ4v) is 5.02. The summed E-state index contributed by atoms with van der Waals surface area (Å²) in [5.74, 6) is 6.12. The lowest BCUT2D eigenvalue weighted by Gasteiger charge is -2.26. The van der Waals surface area contributed by atoms with Gasteiger partial charge in [0.15, 0.2) is 11.6 Å². The average Bonchev–Trinajstić information content (AvgIpc) is 2.94. The molecule has 1 aliphatic rings. The van der Waals surface area contributed by atoms with E-state index in [4.69, 9.17) is 0 Å². The fraction of sp³-hybridized carbons (Fsp3) is 0.222. The van der Waals surface area contributed by atoms with E-state index in [-0.39, 0.29) is 33.4 Å². The second-order valence-electron chi connectivity index (χ2n) is 10.2. The summed E-state index contributed by atoms with van der Waals surface area (Å²) in [5.41, 5.74) is 2.04. The largest absolute Gasteiger partial charge is 0.206 e. The van der Waals surface area contributed by atoms with Gasteiger partial charge in [-0.2, -0.15) is 0 Å². The molecule has 1 aliphatic carbocycles. The van der Waals surface area contributed by atoms with E-state index in [0.29, 0.717) is 11.1 Å². The number of rotatable bonds is 6. The molecule has 0 N–H and O–H groups in total. The number of hydrogen-bond donors (Lipinski definition) is 0. The van der Waals surface area contributed by atoms with Gasteiger partial charge in [-0.1, -0.05) is 75.0 Å². The molecule has 0 saturated heterocycles. The van der Waals surface area contributed by atoms with Crippen molar-refractivity contribution >= 4 is 0 Å². The topological polar surface area (TPSA) is 0 Å². The minimum atomic E-state index is -1.23. The minimum Gasteiger partial charge on any atom is -0.206 e. The van der Waals surface area contributed by atoms with Crippen LogP contribution >= 0.6 is 0 Å². The van der Waals surface area contributed by atoms with Crippen molar-refractivity contribution in [3.63, 3.8) is 0 Å². The molecule has 0 amide bonds. The molecule has 4 aromatic rings. The van der Waals surface area contributed by atoms with Gasteiger partial charge in [0, 0.05) is 11.1 Å². The molecule has 4 aromatic carbocycles. The van der Waals surface area contributed by atoms with E-state index in [9.17, 15) is 13.2 Å². The predicted octanol–water partition coefficient (Wildman–Crippen LogP) is 9.51. The molecule has 0 nitrogen and oxygen atoms in total. The average molecular weight is 555 g/mol. The monoisotopic (exact) mass is 554 g/mol. The van der Waals surface area contributed by atoms with Gasteiger partial charge < -0.3 is 0 Å². The Morgan fingerprint density at radius 1 is 0.488 bits per heavy atom. The summed E-state index contributed by atoms with van der Waals surface area (Å²) in [5, 5.41) is 0. The summed E-state index contributed by atoms with van der Waals surface area (Å²) in [6.45, 7) is 4.09. The molecule has 0 heterocycles. The van der Waals surface area contributed by atoms with Gasteiger partial charge in [-0.05, 0) is 77.9 Å². The normalized spacial score (nSPS) is 11.0. The number of aryl methyl sites for hydroxylation is 2. The molecule has 206 valence electrons. The smallest absolute Gasteiger partial charge is 0.175 e. The van der Waals surface area contributed by atoms with Crippen molar-refractivity contribution in [3.8, 4) is 45.9 Å². The second-order valence-corrected chi connectivity index (χ2v) is 10.2. The summed E-state index contributed by atoms with van der Waals surface area (Å²) in [7, 11) is 0. The van der Waals surface area contributed by atoms with Gasteiger partial charge >= 0.3 is 0 Å². The van der Waals surface area contributed by atoms with Crippen LogP contribution in [0.5, 0.6) is 0 Å². The van der Waals surface area contributed by atoms with Crippen LogP contribution in [-0.4, -0.2) is 0 Å². The first-order chi connectivity index (χ1) is 19.8. The molecule has 5 heteroatoms. The molecule has 0 aliphatic heterocycles. The maximum Gasteiger partial charge on any atom is 0.175 e.